The monoisotopic (exact) mass is 257 g/mol. The third kappa shape index (κ3) is 4.00. The van der Waals surface area contributed by atoms with E-state index in [0.717, 1.165) is 23.5 Å². The van der Waals surface area contributed by atoms with Crippen molar-refractivity contribution in [1.29, 1.82) is 0 Å². The van der Waals surface area contributed by atoms with Crippen LogP contribution in [-0.4, -0.2) is 18.8 Å². The Bertz CT molecular complexity index is 491. The van der Waals surface area contributed by atoms with E-state index in [2.05, 4.69) is 5.32 Å². The Morgan fingerprint density at radius 1 is 0.947 bits per heavy atom. The largest absolute Gasteiger partial charge is 0.497 e. The van der Waals surface area contributed by atoms with Gasteiger partial charge in [-0.3, -0.25) is 0 Å². The molecule has 0 unspecified atom stereocenters. The van der Waals surface area contributed by atoms with Crippen molar-refractivity contribution >= 4 is 5.69 Å². The molecule has 0 saturated carbocycles. The Hall–Kier alpha value is -2.00. The number of ether oxygens (including phenoxy) is 1. The predicted octanol–water partition coefficient (Wildman–Crippen LogP) is 2.84. The third-order valence-corrected chi connectivity index (χ3v) is 3.01. The average molecular weight is 257 g/mol. The fourth-order valence-electron chi connectivity index (χ4n) is 1.87. The second kappa shape index (κ2) is 6.81. The van der Waals surface area contributed by atoms with E-state index in [4.69, 9.17) is 9.84 Å². The molecule has 0 heterocycles. The molecule has 2 rings (SSSR count). The van der Waals surface area contributed by atoms with Gasteiger partial charge in [-0.2, -0.15) is 0 Å². The molecule has 0 fully saturated rings. The number of anilines is 1. The summed E-state index contributed by atoms with van der Waals surface area (Å²) in [5.41, 5.74) is 3.44. The molecule has 0 aromatic heterocycles. The van der Waals surface area contributed by atoms with Crippen LogP contribution in [0.25, 0.3) is 0 Å². The maximum absolute atomic E-state index is 8.86. The van der Waals surface area contributed by atoms with Crippen LogP contribution < -0.4 is 10.1 Å². The van der Waals surface area contributed by atoms with Gasteiger partial charge >= 0.3 is 0 Å². The summed E-state index contributed by atoms with van der Waals surface area (Å²) >= 11 is 0. The van der Waals surface area contributed by atoms with E-state index >= 15 is 0 Å². The van der Waals surface area contributed by atoms with Crippen molar-refractivity contribution in [3.05, 3.63) is 59.7 Å². The van der Waals surface area contributed by atoms with E-state index in [1.807, 2.05) is 48.5 Å². The Balaban J connectivity index is 1.90. The van der Waals surface area contributed by atoms with Gasteiger partial charge in [0, 0.05) is 18.8 Å². The molecule has 100 valence electrons. The topological polar surface area (TPSA) is 41.5 Å². The molecule has 0 aliphatic rings. The van der Waals surface area contributed by atoms with Crippen LogP contribution >= 0.6 is 0 Å². The zero-order valence-electron chi connectivity index (χ0n) is 11.1. The van der Waals surface area contributed by atoms with Gasteiger partial charge in [-0.15, -0.1) is 0 Å². The fraction of sp³-hybridized carbons (Fsp3) is 0.250. The summed E-state index contributed by atoms with van der Waals surface area (Å²) in [5.74, 6) is 0.872. The van der Waals surface area contributed by atoms with Crippen LogP contribution in [0, 0.1) is 0 Å². The number of rotatable bonds is 6. The molecule has 0 amide bonds. The van der Waals surface area contributed by atoms with Crippen molar-refractivity contribution < 1.29 is 9.84 Å². The van der Waals surface area contributed by atoms with Crippen molar-refractivity contribution in [2.24, 2.45) is 0 Å². The SMILES string of the molecule is COc1ccc(CNc2ccc(CCO)cc2)cc1. The van der Waals surface area contributed by atoms with E-state index in [1.54, 1.807) is 7.11 Å². The Kier molecular flexibility index (Phi) is 4.81. The van der Waals surface area contributed by atoms with Gasteiger partial charge in [0.25, 0.3) is 0 Å². The molecule has 0 spiro atoms. The fourth-order valence-corrected chi connectivity index (χ4v) is 1.87. The van der Waals surface area contributed by atoms with E-state index in [0.29, 0.717) is 6.42 Å². The standard InChI is InChI=1S/C16H19NO2/c1-19-16-8-4-14(5-9-16)12-17-15-6-2-13(3-7-15)10-11-18/h2-9,17-18H,10-12H2,1H3. The van der Waals surface area contributed by atoms with Gasteiger partial charge in [0.1, 0.15) is 5.75 Å². The van der Waals surface area contributed by atoms with Crippen LogP contribution in [-0.2, 0) is 13.0 Å². The number of benzene rings is 2. The zero-order valence-corrected chi connectivity index (χ0v) is 11.1. The molecule has 2 aromatic carbocycles. The third-order valence-electron chi connectivity index (χ3n) is 3.01. The van der Waals surface area contributed by atoms with Crippen LogP contribution in [0.3, 0.4) is 0 Å². The van der Waals surface area contributed by atoms with Crippen LogP contribution in [0.4, 0.5) is 5.69 Å². The van der Waals surface area contributed by atoms with Gasteiger partial charge in [-0.25, -0.2) is 0 Å². The molecule has 2 N–H and O–H groups in total. The Morgan fingerprint density at radius 3 is 2.16 bits per heavy atom. The van der Waals surface area contributed by atoms with Gasteiger partial charge in [0.05, 0.1) is 7.11 Å². The van der Waals surface area contributed by atoms with Crippen molar-refractivity contribution in [2.75, 3.05) is 19.0 Å². The second-order valence-corrected chi connectivity index (χ2v) is 4.37. The first kappa shape index (κ1) is 13.4. The number of nitrogens with one attached hydrogen (secondary N) is 1. The van der Waals surface area contributed by atoms with Crippen molar-refractivity contribution in [3.8, 4) is 5.75 Å². The quantitative estimate of drug-likeness (QED) is 0.836. The van der Waals surface area contributed by atoms with E-state index < -0.39 is 0 Å². The van der Waals surface area contributed by atoms with Gasteiger partial charge in [0.2, 0.25) is 0 Å². The summed E-state index contributed by atoms with van der Waals surface area (Å²) in [4.78, 5) is 0. The lowest BCUT2D eigenvalue weighted by Gasteiger charge is -2.08. The molecule has 3 heteroatoms. The first-order chi connectivity index (χ1) is 9.31. The lowest BCUT2D eigenvalue weighted by molar-refractivity contribution is 0.299. The van der Waals surface area contributed by atoms with Crippen LogP contribution in [0.1, 0.15) is 11.1 Å². The first-order valence-electron chi connectivity index (χ1n) is 6.38. The lowest BCUT2D eigenvalue weighted by Crippen LogP contribution is -1.99. The van der Waals surface area contributed by atoms with Gasteiger partial charge in [-0.05, 0) is 41.8 Å². The van der Waals surface area contributed by atoms with Crippen molar-refractivity contribution in [1.82, 2.24) is 0 Å². The van der Waals surface area contributed by atoms with Crippen LogP contribution in [0.5, 0.6) is 5.75 Å². The highest BCUT2D eigenvalue weighted by molar-refractivity contribution is 5.45. The van der Waals surface area contributed by atoms with Gasteiger partial charge in [-0.1, -0.05) is 24.3 Å². The van der Waals surface area contributed by atoms with Crippen LogP contribution in [0.15, 0.2) is 48.5 Å². The second-order valence-electron chi connectivity index (χ2n) is 4.37. The highest BCUT2D eigenvalue weighted by Gasteiger charge is 1.96. The van der Waals surface area contributed by atoms with E-state index in [-0.39, 0.29) is 6.61 Å². The molecule has 0 aliphatic carbocycles. The summed E-state index contributed by atoms with van der Waals surface area (Å²) in [6.45, 7) is 0.974. The smallest absolute Gasteiger partial charge is 0.118 e. The minimum Gasteiger partial charge on any atom is -0.497 e. The normalized spacial score (nSPS) is 10.2. The van der Waals surface area contributed by atoms with Crippen molar-refractivity contribution in [3.63, 3.8) is 0 Å². The molecule has 19 heavy (non-hydrogen) atoms. The van der Waals surface area contributed by atoms with E-state index in [9.17, 15) is 0 Å². The minimum absolute atomic E-state index is 0.193. The average Bonchev–Trinajstić information content (AvgIpc) is 2.47. The highest BCUT2D eigenvalue weighted by Crippen LogP contribution is 2.14. The molecular formula is C16H19NO2. The molecule has 0 aliphatic heterocycles. The predicted molar refractivity (Wildman–Crippen MR) is 77.6 cm³/mol. The summed E-state index contributed by atoms with van der Waals surface area (Å²) in [6, 6.07) is 16.2. The molecule has 2 aromatic rings. The van der Waals surface area contributed by atoms with E-state index in [1.165, 1.54) is 5.56 Å². The summed E-state index contributed by atoms with van der Waals surface area (Å²) in [5, 5.41) is 12.2. The molecule has 0 bridgehead atoms. The molecule has 0 atom stereocenters. The maximum Gasteiger partial charge on any atom is 0.118 e. The Morgan fingerprint density at radius 2 is 1.58 bits per heavy atom. The van der Waals surface area contributed by atoms with Crippen LogP contribution in [0.2, 0.25) is 0 Å². The first-order valence-corrected chi connectivity index (χ1v) is 6.38. The number of aliphatic hydroxyl groups is 1. The number of hydrogen-bond donors (Lipinski definition) is 2. The Labute approximate surface area is 113 Å². The molecule has 0 radical (unpaired) electrons. The summed E-state index contributed by atoms with van der Waals surface area (Å²) in [7, 11) is 1.67. The maximum atomic E-state index is 8.86. The molecule has 3 nitrogen and oxygen atoms in total. The van der Waals surface area contributed by atoms with Gasteiger partial charge in [0.15, 0.2) is 0 Å². The number of aliphatic hydroxyl groups excluding tert-OH is 1. The van der Waals surface area contributed by atoms with Crippen molar-refractivity contribution in [2.45, 2.75) is 13.0 Å². The highest BCUT2D eigenvalue weighted by atomic mass is 16.5. The number of methoxy groups -OCH3 is 1. The number of hydrogen-bond acceptors (Lipinski definition) is 3. The zero-order chi connectivity index (χ0) is 13.5. The summed E-state index contributed by atoms with van der Waals surface area (Å²) < 4.78 is 5.13. The molecular weight excluding hydrogens is 238 g/mol. The molecule has 0 saturated heterocycles. The van der Waals surface area contributed by atoms with Gasteiger partial charge < -0.3 is 15.2 Å². The summed E-state index contributed by atoms with van der Waals surface area (Å²) in [6.07, 6.45) is 0.707. The lowest BCUT2D eigenvalue weighted by atomic mass is 10.1. The minimum atomic E-state index is 0.193.